The van der Waals surface area contributed by atoms with Crippen molar-refractivity contribution in [3.8, 4) is 0 Å². The number of imide groups is 1. The molecule has 2 aromatic carbocycles. The summed E-state index contributed by atoms with van der Waals surface area (Å²) >= 11 is 0. The Kier molecular flexibility index (Phi) is 5.14. The number of carbonyl (C=O) groups excluding carboxylic acids is 3. The summed E-state index contributed by atoms with van der Waals surface area (Å²) in [5.74, 6) is -1.34. The molecule has 0 saturated carbocycles. The second kappa shape index (κ2) is 7.49. The summed E-state index contributed by atoms with van der Waals surface area (Å²) in [6.07, 6.45) is -0.823. The largest absolute Gasteiger partial charge is 0.455 e. The van der Waals surface area contributed by atoms with Crippen LogP contribution in [0, 0.1) is 0 Å². The van der Waals surface area contributed by atoms with E-state index in [1.807, 2.05) is 6.07 Å². The fourth-order valence-corrected chi connectivity index (χ4v) is 3.17. The normalized spacial score (nSPS) is 15.5. The first kappa shape index (κ1) is 17.8. The maximum absolute atomic E-state index is 12.9. The summed E-state index contributed by atoms with van der Waals surface area (Å²) in [5.41, 5.74) is 1.36. The third-order valence-electron chi connectivity index (χ3n) is 4.27. The smallest absolute Gasteiger partial charge is 0.303 e. The van der Waals surface area contributed by atoms with Crippen LogP contribution in [0.3, 0.4) is 0 Å². The van der Waals surface area contributed by atoms with Crippen molar-refractivity contribution in [3.63, 3.8) is 0 Å². The molecule has 6 nitrogen and oxygen atoms in total. The highest BCUT2D eigenvalue weighted by Gasteiger charge is 2.44. The molecule has 2 unspecified atom stereocenters. The van der Waals surface area contributed by atoms with Crippen molar-refractivity contribution in [3.05, 3.63) is 71.3 Å². The van der Waals surface area contributed by atoms with E-state index in [0.29, 0.717) is 16.7 Å². The Bertz CT molecular complexity index is 798. The Labute approximate surface area is 151 Å². The van der Waals surface area contributed by atoms with E-state index in [-0.39, 0.29) is 6.61 Å². The number of nitrogens with zero attached hydrogens (tertiary/aromatic N) is 1. The first-order chi connectivity index (χ1) is 12.5. The number of methoxy groups -OCH3 is 1. The monoisotopic (exact) mass is 353 g/mol. The molecule has 1 aliphatic rings. The van der Waals surface area contributed by atoms with Crippen LogP contribution in [0.1, 0.15) is 39.3 Å². The SMILES string of the molecule is COCC(C(OC(C)=O)c1ccccc1)N1C(=O)c2ccccc2C1=O. The second-order valence-corrected chi connectivity index (χ2v) is 5.99. The van der Waals surface area contributed by atoms with Gasteiger partial charge in [0.1, 0.15) is 12.1 Å². The van der Waals surface area contributed by atoms with Gasteiger partial charge in [0.15, 0.2) is 0 Å². The van der Waals surface area contributed by atoms with Crippen molar-refractivity contribution in [2.75, 3.05) is 13.7 Å². The molecule has 6 heteroatoms. The highest BCUT2D eigenvalue weighted by Crippen LogP contribution is 2.32. The summed E-state index contributed by atoms with van der Waals surface area (Å²) in [5, 5.41) is 0. The van der Waals surface area contributed by atoms with Crippen LogP contribution in [-0.4, -0.2) is 42.4 Å². The average Bonchev–Trinajstić information content (AvgIpc) is 2.90. The molecule has 1 heterocycles. The molecule has 2 atom stereocenters. The molecule has 2 amide bonds. The number of hydrogen-bond acceptors (Lipinski definition) is 5. The van der Waals surface area contributed by atoms with Crippen LogP contribution in [-0.2, 0) is 14.3 Å². The zero-order chi connectivity index (χ0) is 18.7. The maximum atomic E-state index is 12.9. The van der Waals surface area contributed by atoms with Crippen LogP contribution in [0.4, 0.5) is 0 Å². The molecule has 0 saturated heterocycles. The molecular weight excluding hydrogens is 334 g/mol. The van der Waals surface area contributed by atoms with Crippen molar-refractivity contribution in [1.82, 2.24) is 4.90 Å². The number of ether oxygens (including phenoxy) is 2. The number of benzene rings is 2. The number of rotatable bonds is 6. The maximum Gasteiger partial charge on any atom is 0.303 e. The minimum Gasteiger partial charge on any atom is -0.455 e. The Morgan fingerprint density at radius 1 is 0.962 bits per heavy atom. The molecule has 0 fully saturated rings. The molecule has 0 radical (unpaired) electrons. The average molecular weight is 353 g/mol. The predicted octanol–water partition coefficient (Wildman–Crippen LogP) is 2.60. The Morgan fingerprint density at radius 3 is 2.00 bits per heavy atom. The van der Waals surface area contributed by atoms with Crippen LogP contribution in [0.15, 0.2) is 54.6 Å². The van der Waals surface area contributed by atoms with Crippen LogP contribution in [0.5, 0.6) is 0 Å². The van der Waals surface area contributed by atoms with Crippen molar-refractivity contribution in [2.24, 2.45) is 0 Å². The fraction of sp³-hybridized carbons (Fsp3) is 0.250. The van der Waals surface area contributed by atoms with Gasteiger partial charge in [-0.1, -0.05) is 42.5 Å². The van der Waals surface area contributed by atoms with Crippen LogP contribution in [0.2, 0.25) is 0 Å². The van der Waals surface area contributed by atoms with E-state index in [4.69, 9.17) is 9.47 Å². The Hall–Kier alpha value is -2.99. The summed E-state index contributed by atoms with van der Waals surface area (Å²) in [4.78, 5) is 38.5. The lowest BCUT2D eigenvalue weighted by atomic mass is 10.0. The first-order valence-corrected chi connectivity index (χ1v) is 8.22. The van der Waals surface area contributed by atoms with E-state index in [0.717, 1.165) is 4.90 Å². The first-order valence-electron chi connectivity index (χ1n) is 8.22. The lowest BCUT2D eigenvalue weighted by molar-refractivity contribution is -0.150. The van der Waals surface area contributed by atoms with Crippen molar-refractivity contribution in [1.29, 1.82) is 0 Å². The van der Waals surface area contributed by atoms with Gasteiger partial charge >= 0.3 is 5.97 Å². The van der Waals surface area contributed by atoms with Crippen molar-refractivity contribution in [2.45, 2.75) is 19.1 Å². The molecule has 3 rings (SSSR count). The van der Waals surface area contributed by atoms with Gasteiger partial charge in [-0.15, -0.1) is 0 Å². The number of carbonyl (C=O) groups is 3. The molecule has 2 aromatic rings. The van der Waals surface area contributed by atoms with Gasteiger partial charge in [0.05, 0.1) is 17.7 Å². The zero-order valence-electron chi connectivity index (χ0n) is 14.5. The summed E-state index contributed by atoms with van der Waals surface area (Å²) in [6.45, 7) is 1.33. The van der Waals surface area contributed by atoms with Crippen molar-refractivity contribution < 1.29 is 23.9 Å². The van der Waals surface area contributed by atoms with Gasteiger partial charge in [-0.25, -0.2) is 0 Å². The van der Waals surface area contributed by atoms with Crippen molar-refractivity contribution >= 4 is 17.8 Å². The molecule has 1 aliphatic heterocycles. The van der Waals surface area contributed by atoms with Gasteiger partial charge < -0.3 is 9.47 Å². The molecule has 0 bridgehead atoms. The molecule has 0 aromatic heterocycles. The quantitative estimate of drug-likeness (QED) is 0.590. The predicted molar refractivity (Wildman–Crippen MR) is 93.6 cm³/mol. The number of fused-ring (bicyclic) bond motifs is 1. The van der Waals surface area contributed by atoms with Gasteiger partial charge in [0.25, 0.3) is 11.8 Å². The van der Waals surface area contributed by atoms with E-state index in [1.165, 1.54) is 14.0 Å². The van der Waals surface area contributed by atoms with Crippen LogP contribution in [0.25, 0.3) is 0 Å². The van der Waals surface area contributed by atoms with Gasteiger partial charge in [-0.3, -0.25) is 19.3 Å². The highest BCUT2D eigenvalue weighted by molar-refractivity contribution is 6.21. The second-order valence-electron chi connectivity index (χ2n) is 5.99. The summed E-state index contributed by atoms with van der Waals surface area (Å²) in [6, 6.07) is 14.9. The third-order valence-corrected chi connectivity index (χ3v) is 4.27. The number of amides is 2. The summed E-state index contributed by atoms with van der Waals surface area (Å²) < 4.78 is 10.8. The van der Waals surface area contributed by atoms with E-state index < -0.39 is 29.9 Å². The van der Waals surface area contributed by atoms with E-state index in [2.05, 4.69) is 0 Å². The van der Waals surface area contributed by atoms with Gasteiger partial charge in [-0.2, -0.15) is 0 Å². The lowest BCUT2D eigenvalue weighted by Gasteiger charge is -2.32. The summed E-state index contributed by atoms with van der Waals surface area (Å²) in [7, 11) is 1.47. The van der Waals surface area contributed by atoms with E-state index in [1.54, 1.807) is 48.5 Å². The zero-order valence-corrected chi connectivity index (χ0v) is 14.5. The van der Waals surface area contributed by atoms with Crippen LogP contribution >= 0.6 is 0 Å². The number of hydrogen-bond donors (Lipinski definition) is 0. The Morgan fingerprint density at radius 2 is 1.50 bits per heavy atom. The van der Waals surface area contributed by atoms with E-state index in [9.17, 15) is 14.4 Å². The van der Waals surface area contributed by atoms with Crippen LogP contribution < -0.4 is 0 Å². The molecule has 0 N–H and O–H groups in total. The minimum atomic E-state index is -0.823. The molecule has 26 heavy (non-hydrogen) atoms. The van der Waals surface area contributed by atoms with Gasteiger partial charge in [0.2, 0.25) is 0 Å². The Balaban J connectivity index is 2.03. The standard InChI is InChI=1S/C20H19NO5/c1-13(22)26-18(14-8-4-3-5-9-14)17(12-25-2)21-19(23)15-10-6-7-11-16(15)20(21)24/h3-11,17-18H,12H2,1-2H3. The topological polar surface area (TPSA) is 72.9 Å². The third kappa shape index (κ3) is 3.23. The number of esters is 1. The molecule has 134 valence electrons. The van der Waals surface area contributed by atoms with Gasteiger partial charge in [0, 0.05) is 14.0 Å². The molecule has 0 spiro atoms. The lowest BCUT2D eigenvalue weighted by Crippen LogP contribution is -2.47. The van der Waals surface area contributed by atoms with Gasteiger partial charge in [-0.05, 0) is 17.7 Å². The fourth-order valence-electron chi connectivity index (χ4n) is 3.17. The highest BCUT2D eigenvalue weighted by atomic mass is 16.5. The molecule has 0 aliphatic carbocycles. The minimum absolute atomic E-state index is 0.0400. The molecular formula is C20H19NO5. The van der Waals surface area contributed by atoms with E-state index >= 15 is 0 Å².